The lowest BCUT2D eigenvalue weighted by Crippen LogP contribution is -2.60. The summed E-state index contributed by atoms with van der Waals surface area (Å²) in [4.78, 5) is 97.1. The van der Waals surface area contributed by atoms with Gasteiger partial charge in [-0.3, -0.25) is 34.0 Å². The molecule has 4 N–H and O–H groups in total. The molecule has 0 spiro atoms. The van der Waals surface area contributed by atoms with Crippen LogP contribution in [0.3, 0.4) is 0 Å². The van der Waals surface area contributed by atoms with Crippen molar-refractivity contribution >= 4 is 63.1 Å². The molecule has 4 aliphatic rings. The van der Waals surface area contributed by atoms with Gasteiger partial charge in [-0.1, -0.05) is 26.8 Å². The summed E-state index contributed by atoms with van der Waals surface area (Å²) in [6.45, 7) is 17.9. The number of piperidine rings is 1. The first kappa shape index (κ1) is 46.9. The summed E-state index contributed by atoms with van der Waals surface area (Å²) in [5.41, 5.74) is -2.31. The second kappa shape index (κ2) is 18.0. The van der Waals surface area contributed by atoms with Crippen LogP contribution in [0.2, 0.25) is 0 Å². The van der Waals surface area contributed by atoms with Crippen LogP contribution in [0, 0.1) is 17.3 Å². The maximum Gasteiger partial charge on any atom is 0.412 e. The molecule has 0 aromatic heterocycles. The van der Waals surface area contributed by atoms with E-state index in [1.54, 1.807) is 60.6 Å². The van der Waals surface area contributed by atoms with Crippen molar-refractivity contribution in [1.82, 2.24) is 20.3 Å². The normalized spacial score (nSPS) is 23.5. The molecule has 0 radical (unpaired) electrons. The second-order valence-electron chi connectivity index (χ2n) is 18.3. The smallest absolute Gasteiger partial charge is 0.412 e. The molecule has 0 bridgehead atoms. The minimum absolute atomic E-state index is 0.0598. The number of Topliss-reactive ketones (excluding diaryl/α,β-unsaturated/α-hetero) is 1. The molecule has 5 atom stereocenters. The van der Waals surface area contributed by atoms with Crippen molar-refractivity contribution in [2.45, 2.75) is 128 Å². The number of esters is 1. The Labute approximate surface area is 357 Å². The topological polar surface area (TPSA) is 236 Å². The van der Waals surface area contributed by atoms with Crippen LogP contribution in [-0.2, 0) is 43.4 Å². The van der Waals surface area contributed by atoms with Gasteiger partial charge in [0.2, 0.25) is 21.8 Å². The van der Waals surface area contributed by atoms with Crippen molar-refractivity contribution in [2.24, 2.45) is 17.3 Å². The van der Waals surface area contributed by atoms with Crippen LogP contribution < -0.4 is 25.6 Å². The molecule has 1 unspecified atom stereocenters. The van der Waals surface area contributed by atoms with Gasteiger partial charge in [-0.05, 0) is 90.3 Å². The number of hydrogen-bond donors (Lipinski definition) is 4. The van der Waals surface area contributed by atoms with Crippen LogP contribution in [-0.4, -0.2) is 116 Å². The molecule has 2 saturated heterocycles. The van der Waals surface area contributed by atoms with Gasteiger partial charge in [0, 0.05) is 31.0 Å². The van der Waals surface area contributed by atoms with Gasteiger partial charge in [0.05, 0.1) is 35.7 Å². The SMILES string of the molecule is C=CC1C[C@]1(NC(=O)[C@@H]1C[C@@H](OC(=O)Nc2cc(C(C)=O)ccc2N2CCC(C(=O)OCC)CC2)CN1C(=O)[C@@H](NC(=O)OC(C)(C)C)C(C)(C)C)C(=O)NS(=O)(=O)C1CC1. The van der Waals surface area contributed by atoms with Gasteiger partial charge in [-0.25, -0.2) is 18.0 Å². The molecule has 1 aromatic rings. The van der Waals surface area contributed by atoms with Crippen LogP contribution >= 0.6 is 0 Å². The van der Waals surface area contributed by atoms with Crippen LogP contribution in [0.25, 0.3) is 0 Å². The van der Waals surface area contributed by atoms with Gasteiger partial charge in [-0.2, -0.15) is 0 Å². The number of nitrogens with zero attached hydrogens (tertiary/aromatic N) is 2. The van der Waals surface area contributed by atoms with Gasteiger partial charge in [0.15, 0.2) is 5.78 Å². The number of sulfonamides is 1. The van der Waals surface area contributed by atoms with Crippen LogP contribution in [0.5, 0.6) is 0 Å². The van der Waals surface area contributed by atoms with Crippen molar-refractivity contribution in [1.29, 1.82) is 0 Å². The van der Waals surface area contributed by atoms with E-state index in [2.05, 4.69) is 27.3 Å². The number of benzene rings is 1. The summed E-state index contributed by atoms with van der Waals surface area (Å²) in [7, 11) is -3.97. The Morgan fingerprint density at radius 3 is 2.18 bits per heavy atom. The first-order chi connectivity index (χ1) is 28.4. The molecule has 1 aromatic carbocycles. The molecule has 2 aliphatic heterocycles. The fourth-order valence-electron chi connectivity index (χ4n) is 7.67. The van der Waals surface area contributed by atoms with Gasteiger partial charge in [0.25, 0.3) is 5.91 Å². The van der Waals surface area contributed by atoms with Gasteiger partial charge in [-0.15, -0.1) is 6.58 Å². The van der Waals surface area contributed by atoms with E-state index in [-0.39, 0.29) is 49.4 Å². The molecule has 2 aliphatic carbocycles. The number of ketones is 1. The van der Waals surface area contributed by atoms with Crippen molar-refractivity contribution in [3.63, 3.8) is 0 Å². The van der Waals surface area contributed by atoms with Crippen LogP contribution in [0.4, 0.5) is 21.0 Å². The number of nitrogens with one attached hydrogen (secondary N) is 4. The molecule has 5 rings (SSSR count). The molecule has 2 saturated carbocycles. The highest BCUT2D eigenvalue weighted by atomic mass is 32.2. The maximum atomic E-state index is 14.5. The Balaban J connectivity index is 1.39. The first-order valence-electron chi connectivity index (χ1n) is 20.7. The molecule has 4 fully saturated rings. The standard InChI is InChI=1S/C42H60N6O12S/c1-10-27-22-42(27,37(53)46-61(56,57)29-13-14-29)45-34(50)32-21-28(23-48(32)35(51)33(40(4,5)6)44-39(55)60-41(7,8)9)59-38(54)43-30-20-26(24(3)49)12-15-31(30)47-18-16-25(17-19-47)36(52)58-11-2/h10,12,15,20,25,27-29,32-33H,1,11,13-14,16-19,21-23H2,2-9H3,(H,43,54)(H,44,55)(H,45,50)(H,46,53)/t27?,28-,32+,33-,42-/m1/s1. The largest absolute Gasteiger partial charge is 0.466 e. The maximum absolute atomic E-state index is 14.5. The Morgan fingerprint density at radius 2 is 1.64 bits per heavy atom. The number of alkyl carbamates (subject to hydrolysis) is 1. The predicted molar refractivity (Wildman–Crippen MR) is 224 cm³/mol. The summed E-state index contributed by atoms with van der Waals surface area (Å²) in [6.07, 6.45) is 0.204. The zero-order valence-electron chi connectivity index (χ0n) is 36.3. The first-order valence-corrected chi connectivity index (χ1v) is 22.3. The Bertz CT molecular complexity index is 2030. The van der Waals surface area contributed by atoms with Crippen LogP contribution in [0.1, 0.15) is 104 Å². The average Bonchev–Trinajstić information content (AvgIpc) is 4.09. The van der Waals surface area contributed by atoms with Crippen molar-refractivity contribution in [3.05, 3.63) is 36.4 Å². The minimum Gasteiger partial charge on any atom is -0.466 e. The Hall–Kier alpha value is -5.20. The van der Waals surface area contributed by atoms with Gasteiger partial charge >= 0.3 is 18.2 Å². The molecular weight excluding hydrogens is 813 g/mol. The fraction of sp³-hybridized carbons (Fsp3) is 0.643. The highest BCUT2D eigenvalue weighted by Crippen LogP contribution is 2.45. The van der Waals surface area contributed by atoms with Crippen LogP contribution in [0.15, 0.2) is 30.9 Å². The highest BCUT2D eigenvalue weighted by Gasteiger charge is 2.62. The number of rotatable bonds is 14. The lowest BCUT2D eigenvalue weighted by Gasteiger charge is -2.36. The number of carbonyl (C=O) groups excluding carboxylic acids is 7. The van der Waals surface area contributed by atoms with E-state index in [0.29, 0.717) is 50.0 Å². The third-order valence-electron chi connectivity index (χ3n) is 11.2. The monoisotopic (exact) mass is 872 g/mol. The van der Waals surface area contributed by atoms with E-state index in [0.717, 1.165) is 0 Å². The zero-order valence-corrected chi connectivity index (χ0v) is 37.1. The van der Waals surface area contributed by atoms with E-state index < -0.39 is 85.8 Å². The predicted octanol–water partition coefficient (Wildman–Crippen LogP) is 3.80. The fourth-order valence-corrected chi connectivity index (χ4v) is 9.04. The number of hydrogen-bond acceptors (Lipinski definition) is 13. The highest BCUT2D eigenvalue weighted by molar-refractivity contribution is 7.91. The lowest BCUT2D eigenvalue weighted by molar-refractivity contribution is -0.148. The molecule has 61 heavy (non-hydrogen) atoms. The van der Waals surface area contributed by atoms with Crippen molar-refractivity contribution in [2.75, 3.05) is 36.5 Å². The summed E-state index contributed by atoms with van der Waals surface area (Å²) < 4.78 is 44.1. The summed E-state index contributed by atoms with van der Waals surface area (Å²) >= 11 is 0. The van der Waals surface area contributed by atoms with E-state index in [1.807, 2.05) is 4.90 Å². The number of likely N-dealkylation sites (tertiary alicyclic amines) is 1. The lowest BCUT2D eigenvalue weighted by atomic mass is 9.85. The molecule has 336 valence electrons. The molecular formula is C42H60N6O12S. The molecule has 2 heterocycles. The van der Waals surface area contributed by atoms with E-state index in [4.69, 9.17) is 14.2 Å². The molecule has 18 nitrogen and oxygen atoms in total. The minimum atomic E-state index is -3.97. The molecule has 5 amide bonds. The van der Waals surface area contributed by atoms with Gasteiger partial charge < -0.3 is 34.6 Å². The van der Waals surface area contributed by atoms with E-state index in [1.165, 1.54) is 24.0 Å². The summed E-state index contributed by atoms with van der Waals surface area (Å²) in [5.74, 6) is -3.82. The van der Waals surface area contributed by atoms with Crippen molar-refractivity contribution < 1.29 is 56.2 Å². The third-order valence-corrected chi connectivity index (χ3v) is 13.1. The van der Waals surface area contributed by atoms with Crippen molar-refractivity contribution in [3.8, 4) is 0 Å². The number of amides is 5. The quantitative estimate of drug-likeness (QED) is 0.0903. The summed E-state index contributed by atoms with van der Waals surface area (Å²) in [6, 6.07) is 2.28. The third kappa shape index (κ3) is 11.4. The average molecular weight is 873 g/mol. The number of anilines is 2. The second-order valence-corrected chi connectivity index (χ2v) is 20.3. The summed E-state index contributed by atoms with van der Waals surface area (Å²) in [5, 5.41) is 7.37. The van der Waals surface area contributed by atoms with E-state index >= 15 is 0 Å². The Kier molecular flexibility index (Phi) is 13.8. The molecule has 19 heteroatoms. The Morgan fingerprint density at radius 1 is 0.984 bits per heavy atom. The number of carbonyl (C=O) groups is 7. The van der Waals surface area contributed by atoms with E-state index in [9.17, 15) is 42.0 Å². The van der Waals surface area contributed by atoms with Gasteiger partial charge in [0.1, 0.15) is 29.3 Å². The number of ether oxygens (including phenoxy) is 3. The zero-order chi connectivity index (χ0) is 45.2.